The van der Waals surface area contributed by atoms with Crippen LogP contribution in [0.1, 0.15) is 23.0 Å². The predicted octanol–water partition coefficient (Wildman–Crippen LogP) is 0.0722. The molecule has 1 aromatic rings. The molecule has 0 aliphatic carbocycles. The number of rotatable bonds is 2. The topological polar surface area (TPSA) is 72.3 Å². The van der Waals surface area contributed by atoms with E-state index < -0.39 is 11.6 Å². The van der Waals surface area contributed by atoms with E-state index in [0.29, 0.717) is 5.69 Å². The maximum Gasteiger partial charge on any atom is 0.372 e. The molecule has 5 nitrogen and oxygen atoms in total. The average molecular weight is 194 g/mol. The third kappa shape index (κ3) is 2.72. The van der Waals surface area contributed by atoms with Gasteiger partial charge in [0, 0.05) is 29.6 Å². The molecule has 1 N–H and O–H groups in total. The quantitative estimate of drug-likeness (QED) is 0.534. The fourth-order valence-electron chi connectivity index (χ4n) is 0.818. The first-order valence-electron chi connectivity index (χ1n) is 3.52. The Labute approximate surface area is 96.7 Å². The molecule has 0 fully saturated rings. The van der Waals surface area contributed by atoms with Crippen LogP contribution in [0.4, 0.5) is 0 Å². The summed E-state index contributed by atoms with van der Waals surface area (Å²) in [7, 11) is 0. The second-order valence-electron chi connectivity index (χ2n) is 2.21. The molecule has 0 atom stereocenters. The molecule has 13 heavy (non-hydrogen) atoms. The Morgan fingerprint density at radius 2 is 2.23 bits per heavy atom. The van der Waals surface area contributed by atoms with Gasteiger partial charge in [-0.1, -0.05) is 0 Å². The summed E-state index contributed by atoms with van der Waals surface area (Å²) in [5, 5.41) is 2.29. The van der Waals surface area contributed by atoms with Gasteiger partial charge in [-0.15, -0.1) is 0 Å². The molecule has 0 saturated heterocycles. The van der Waals surface area contributed by atoms with E-state index in [1.807, 2.05) is 0 Å². The van der Waals surface area contributed by atoms with Gasteiger partial charge in [0.1, 0.15) is 0 Å². The van der Waals surface area contributed by atoms with Gasteiger partial charge in [-0.3, -0.25) is 0 Å². The summed E-state index contributed by atoms with van der Waals surface area (Å²) >= 11 is 0. The van der Waals surface area contributed by atoms with Crippen molar-refractivity contribution in [1.29, 1.82) is 0 Å². The van der Waals surface area contributed by atoms with Crippen LogP contribution in [0, 0.1) is 6.92 Å². The van der Waals surface area contributed by atoms with Gasteiger partial charge in [0.05, 0.1) is 12.3 Å². The first-order valence-corrected chi connectivity index (χ1v) is 3.52. The minimum absolute atomic E-state index is 0. The maximum atomic E-state index is 11.0. The molecule has 1 heterocycles. The van der Waals surface area contributed by atoms with Crippen molar-refractivity contribution >= 4 is 35.5 Å². The molecular formula is C7H9NNaO4. The van der Waals surface area contributed by atoms with Gasteiger partial charge in [-0.2, -0.15) is 0 Å². The Morgan fingerprint density at radius 3 is 2.62 bits per heavy atom. The molecule has 0 aromatic carbocycles. The van der Waals surface area contributed by atoms with E-state index in [4.69, 9.17) is 0 Å². The van der Waals surface area contributed by atoms with Crippen molar-refractivity contribution in [1.82, 2.24) is 5.16 Å². The van der Waals surface area contributed by atoms with Crippen LogP contribution in [0.2, 0.25) is 0 Å². The normalized spacial score (nSPS) is 9.08. The zero-order chi connectivity index (χ0) is 9.14. The SMILES string of the molecule is CCOC(=O)c1c(C)[nH]oc1=O.[Na]. The minimum atomic E-state index is -0.689. The fraction of sp³-hybridized carbons (Fsp3) is 0.429. The molecule has 0 saturated carbocycles. The Morgan fingerprint density at radius 1 is 1.62 bits per heavy atom. The number of hydrogen-bond acceptors (Lipinski definition) is 4. The number of H-pyrrole nitrogens is 1. The summed E-state index contributed by atoms with van der Waals surface area (Å²) < 4.78 is 9.01. The van der Waals surface area contributed by atoms with Crippen molar-refractivity contribution in [2.24, 2.45) is 0 Å². The molecular weight excluding hydrogens is 185 g/mol. The summed E-state index contributed by atoms with van der Waals surface area (Å²) in [5.41, 5.74) is -0.360. The van der Waals surface area contributed by atoms with Gasteiger partial charge >= 0.3 is 11.6 Å². The Hall–Kier alpha value is -0.520. The Kier molecular flexibility index (Phi) is 5.05. The Balaban J connectivity index is 0.00000144. The van der Waals surface area contributed by atoms with Gasteiger partial charge in [-0.25, -0.2) is 14.7 Å². The van der Waals surface area contributed by atoms with Crippen molar-refractivity contribution in [3.63, 3.8) is 0 Å². The number of aromatic amines is 1. The van der Waals surface area contributed by atoms with Crippen LogP contribution in [-0.2, 0) is 4.74 Å². The maximum absolute atomic E-state index is 11.0. The van der Waals surface area contributed by atoms with Crippen molar-refractivity contribution < 1.29 is 14.1 Å². The number of aromatic nitrogens is 1. The van der Waals surface area contributed by atoms with Gasteiger partial charge in [0.15, 0.2) is 5.56 Å². The largest absolute Gasteiger partial charge is 0.462 e. The van der Waals surface area contributed by atoms with Crippen LogP contribution >= 0.6 is 0 Å². The van der Waals surface area contributed by atoms with E-state index >= 15 is 0 Å². The summed E-state index contributed by atoms with van der Waals surface area (Å²) in [6.45, 7) is 3.47. The van der Waals surface area contributed by atoms with E-state index in [2.05, 4.69) is 14.4 Å². The number of carbonyl (C=O) groups excluding carboxylic acids is 1. The third-order valence-corrected chi connectivity index (χ3v) is 1.36. The molecule has 0 aliphatic rings. The van der Waals surface area contributed by atoms with Gasteiger partial charge < -0.3 is 9.26 Å². The van der Waals surface area contributed by atoms with Crippen molar-refractivity contribution in [3.05, 3.63) is 21.7 Å². The summed E-state index contributed by atoms with van der Waals surface area (Å²) in [6, 6.07) is 0. The number of nitrogens with one attached hydrogen (secondary N) is 1. The summed E-state index contributed by atoms with van der Waals surface area (Å²) in [5.74, 6) is -0.648. The monoisotopic (exact) mass is 194 g/mol. The minimum Gasteiger partial charge on any atom is -0.462 e. The zero-order valence-corrected chi connectivity index (χ0v) is 9.84. The van der Waals surface area contributed by atoms with E-state index in [0.717, 1.165) is 0 Å². The molecule has 0 amide bonds. The van der Waals surface area contributed by atoms with Crippen LogP contribution < -0.4 is 5.63 Å². The number of ether oxygens (including phenoxy) is 1. The first-order chi connectivity index (χ1) is 5.66. The zero-order valence-electron chi connectivity index (χ0n) is 7.84. The van der Waals surface area contributed by atoms with Crippen molar-refractivity contribution in [2.75, 3.05) is 6.61 Å². The van der Waals surface area contributed by atoms with Gasteiger partial charge in [0.25, 0.3) is 0 Å². The van der Waals surface area contributed by atoms with Gasteiger partial charge in [0.2, 0.25) is 0 Å². The van der Waals surface area contributed by atoms with E-state index in [1.54, 1.807) is 13.8 Å². The molecule has 0 spiro atoms. The molecule has 6 heteroatoms. The van der Waals surface area contributed by atoms with Crippen LogP contribution in [0.15, 0.2) is 9.32 Å². The molecule has 1 radical (unpaired) electrons. The van der Waals surface area contributed by atoms with E-state index in [-0.39, 0.29) is 41.7 Å². The molecule has 1 aromatic heterocycles. The molecule has 0 unspecified atom stereocenters. The molecule has 0 bridgehead atoms. The fourth-order valence-corrected chi connectivity index (χ4v) is 0.818. The van der Waals surface area contributed by atoms with Crippen LogP contribution in [-0.4, -0.2) is 47.3 Å². The number of aryl methyl sites for hydroxylation is 1. The number of carbonyl (C=O) groups is 1. The standard InChI is InChI=1S/C7H9NO4.Na/c1-3-11-6(9)5-4(2)8-12-7(5)10;/h8H,3H2,1-2H3;. The summed E-state index contributed by atoms with van der Waals surface area (Å²) in [4.78, 5) is 21.9. The Bertz CT molecular complexity index is 341. The van der Waals surface area contributed by atoms with Crippen LogP contribution in [0.25, 0.3) is 0 Å². The van der Waals surface area contributed by atoms with Gasteiger partial charge in [-0.05, 0) is 13.8 Å². The van der Waals surface area contributed by atoms with E-state index in [9.17, 15) is 9.59 Å². The number of hydrogen-bond donors (Lipinski definition) is 1. The molecule has 1 rings (SSSR count). The van der Waals surface area contributed by atoms with Crippen molar-refractivity contribution in [3.8, 4) is 0 Å². The first kappa shape index (κ1) is 12.5. The predicted molar refractivity (Wildman–Crippen MR) is 45.8 cm³/mol. The van der Waals surface area contributed by atoms with Crippen LogP contribution in [0.3, 0.4) is 0 Å². The smallest absolute Gasteiger partial charge is 0.372 e. The molecule has 0 aliphatic heterocycles. The third-order valence-electron chi connectivity index (χ3n) is 1.36. The second-order valence-corrected chi connectivity index (χ2v) is 2.21. The van der Waals surface area contributed by atoms with Crippen LogP contribution in [0.5, 0.6) is 0 Å². The number of esters is 1. The summed E-state index contributed by atoms with van der Waals surface area (Å²) in [6.07, 6.45) is 0. The average Bonchev–Trinajstić information content (AvgIpc) is 2.32. The van der Waals surface area contributed by atoms with E-state index in [1.165, 1.54) is 0 Å². The second kappa shape index (κ2) is 5.26. The molecule has 67 valence electrons. The van der Waals surface area contributed by atoms with Crippen molar-refractivity contribution in [2.45, 2.75) is 13.8 Å².